The van der Waals surface area contributed by atoms with E-state index in [9.17, 15) is 9.59 Å². The smallest absolute Gasteiger partial charge is 0.257 e. The average Bonchev–Trinajstić information content (AvgIpc) is 2.98. The van der Waals surface area contributed by atoms with E-state index in [2.05, 4.69) is 5.32 Å². The van der Waals surface area contributed by atoms with Crippen LogP contribution in [0.2, 0.25) is 0 Å². The normalized spacial score (nSPS) is 24.5. The Kier molecular flexibility index (Phi) is 3.67. The van der Waals surface area contributed by atoms with Crippen LogP contribution in [0.3, 0.4) is 0 Å². The number of ether oxygens (including phenoxy) is 1. The van der Waals surface area contributed by atoms with Crippen molar-refractivity contribution in [1.29, 1.82) is 0 Å². The van der Waals surface area contributed by atoms with Gasteiger partial charge in [0, 0.05) is 26.1 Å². The molecule has 0 bridgehead atoms. The fourth-order valence-corrected chi connectivity index (χ4v) is 4.32. The lowest BCUT2D eigenvalue weighted by molar-refractivity contribution is -0.136. The minimum atomic E-state index is -0.444. The summed E-state index contributed by atoms with van der Waals surface area (Å²) in [5, 5.41) is 3.27. The van der Waals surface area contributed by atoms with Crippen molar-refractivity contribution in [1.82, 2.24) is 10.2 Å². The molecule has 6 nitrogen and oxygen atoms in total. The van der Waals surface area contributed by atoms with Crippen LogP contribution in [0.15, 0.2) is 23.0 Å². The van der Waals surface area contributed by atoms with Gasteiger partial charge in [-0.05, 0) is 31.7 Å². The van der Waals surface area contributed by atoms with Gasteiger partial charge in [-0.25, -0.2) is 0 Å². The molecule has 24 heavy (non-hydrogen) atoms. The Hall–Kier alpha value is -1.82. The highest BCUT2D eigenvalue weighted by Gasteiger charge is 2.66. The topological polar surface area (TPSA) is 71.8 Å². The number of carbonyl (C=O) groups excluding carboxylic acids is 2. The molecule has 0 spiro atoms. The highest BCUT2D eigenvalue weighted by molar-refractivity contribution is 5.95. The van der Waals surface area contributed by atoms with Gasteiger partial charge in [0.25, 0.3) is 5.91 Å². The molecule has 2 saturated carbocycles. The Morgan fingerprint density at radius 3 is 2.54 bits per heavy atom. The molecular formula is C18H24N2O4. The number of rotatable bonds is 5. The summed E-state index contributed by atoms with van der Waals surface area (Å²) >= 11 is 0. The summed E-state index contributed by atoms with van der Waals surface area (Å²) in [6.07, 6.45) is 9.03. The zero-order valence-electron chi connectivity index (χ0n) is 14.0. The minimum Gasteiger partial charge on any atom is -0.472 e. The third-order valence-corrected chi connectivity index (χ3v) is 6.03. The number of likely N-dealkylation sites (tertiary alicyclic amines) is 1. The van der Waals surface area contributed by atoms with Gasteiger partial charge in [0.15, 0.2) is 0 Å². The van der Waals surface area contributed by atoms with Crippen molar-refractivity contribution >= 4 is 11.8 Å². The molecule has 1 saturated heterocycles. The first kappa shape index (κ1) is 15.7. The second kappa shape index (κ2) is 5.62. The molecular weight excluding hydrogens is 308 g/mol. The summed E-state index contributed by atoms with van der Waals surface area (Å²) in [7, 11) is 1.71. The van der Waals surface area contributed by atoms with E-state index in [-0.39, 0.29) is 23.3 Å². The summed E-state index contributed by atoms with van der Waals surface area (Å²) in [4.78, 5) is 26.9. The van der Waals surface area contributed by atoms with Gasteiger partial charge in [-0.3, -0.25) is 9.59 Å². The highest BCUT2D eigenvalue weighted by Crippen LogP contribution is 2.52. The van der Waals surface area contributed by atoms with E-state index >= 15 is 0 Å². The van der Waals surface area contributed by atoms with Crippen molar-refractivity contribution in [3.8, 4) is 0 Å². The number of carbonyl (C=O) groups is 2. The predicted molar refractivity (Wildman–Crippen MR) is 86.4 cm³/mol. The molecule has 4 rings (SSSR count). The molecule has 2 heterocycles. The van der Waals surface area contributed by atoms with Crippen molar-refractivity contribution in [2.45, 2.75) is 49.7 Å². The fourth-order valence-electron chi connectivity index (χ4n) is 4.32. The molecule has 1 aromatic rings. The zero-order chi connectivity index (χ0) is 16.8. The van der Waals surface area contributed by atoms with E-state index in [0.717, 1.165) is 38.5 Å². The van der Waals surface area contributed by atoms with E-state index < -0.39 is 5.54 Å². The predicted octanol–water partition coefficient (Wildman–Crippen LogP) is 1.96. The van der Waals surface area contributed by atoms with Gasteiger partial charge in [-0.2, -0.15) is 0 Å². The van der Waals surface area contributed by atoms with Crippen molar-refractivity contribution < 1.29 is 18.7 Å². The lowest BCUT2D eigenvalue weighted by Gasteiger charge is -2.54. The second-order valence-electron chi connectivity index (χ2n) is 7.42. The van der Waals surface area contributed by atoms with Gasteiger partial charge < -0.3 is 19.4 Å². The largest absolute Gasteiger partial charge is 0.472 e. The molecule has 2 aliphatic carbocycles. The van der Waals surface area contributed by atoms with Gasteiger partial charge in [0.1, 0.15) is 11.8 Å². The van der Waals surface area contributed by atoms with Crippen LogP contribution in [0.1, 0.15) is 48.9 Å². The number of nitrogens with zero attached hydrogens (tertiary/aromatic N) is 1. The van der Waals surface area contributed by atoms with E-state index in [1.54, 1.807) is 18.1 Å². The van der Waals surface area contributed by atoms with Crippen LogP contribution in [0.5, 0.6) is 0 Å². The van der Waals surface area contributed by atoms with E-state index in [0.29, 0.717) is 18.7 Å². The molecule has 130 valence electrons. The van der Waals surface area contributed by atoms with E-state index in [1.807, 2.05) is 0 Å². The first-order chi connectivity index (χ1) is 11.6. The fraction of sp³-hybridized carbons (Fsp3) is 0.667. The third-order valence-electron chi connectivity index (χ3n) is 6.03. The molecule has 1 N–H and O–H groups in total. The molecule has 0 atom stereocenters. The van der Waals surface area contributed by atoms with Gasteiger partial charge in [0.2, 0.25) is 5.91 Å². The number of amides is 2. The number of furan rings is 1. The zero-order valence-corrected chi connectivity index (χ0v) is 14.0. The minimum absolute atomic E-state index is 0.0543. The quantitative estimate of drug-likeness (QED) is 0.895. The summed E-state index contributed by atoms with van der Waals surface area (Å²) in [5.41, 5.74) is -0.206. The summed E-state index contributed by atoms with van der Waals surface area (Å²) < 4.78 is 10.8. The molecule has 0 aromatic carbocycles. The Morgan fingerprint density at radius 1 is 1.29 bits per heavy atom. The molecule has 1 aliphatic heterocycles. The van der Waals surface area contributed by atoms with Crippen molar-refractivity contribution in [3.63, 3.8) is 0 Å². The van der Waals surface area contributed by atoms with Crippen LogP contribution in [0, 0.1) is 5.92 Å². The van der Waals surface area contributed by atoms with Crippen LogP contribution >= 0.6 is 0 Å². The maximum atomic E-state index is 12.7. The Morgan fingerprint density at radius 2 is 2.00 bits per heavy atom. The standard InChI is InChI=1S/C18H24N2O4/c1-23-18(7-8-18)17(19-15(21)13-4-2-3-5-13)11-20(12-17)16(22)14-6-9-24-10-14/h6,9-10,13H,2-5,7-8,11-12H2,1H3,(H,19,21). The molecule has 0 unspecified atom stereocenters. The Balaban J connectivity index is 1.48. The molecule has 0 radical (unpaired) electrons. The van der Waals surface area contributed by atoms with Gasteiger partial charge in [-0.15, -0.1) is 0 Å². The summed E-state index contributed by atoms with van der Waals surface area (Å²) in [6, 6.07) is 1.67. The molecule has 3 fully saturated rings. The lowest BCUT2D eigenvalue weighted by Crippen LogP contribution is -2.78. The SMILES string of the molecule is COC1(C2(NC(=O)C3CCCC3)CN(C(=O)c3ccoc3)C2)CC1. The van der Waals surface area contributed by atoms with Crippen LogP contribution in [-0.2, 0) is 9.53 Å². The average molecular weight is 332 g/mol. The maximum Gasteiger partial charge on any atom is 0.257 e. The van der Waals surface area contributed by atoms with Crippen LogP contribution in [-0.4, -0.2) is 48.1 Å². The molecule has 2 amide bonds. The Bertz CT molecular complexity index is 623. The van der Waals surface area contributed by atoms with E-state index in [1.165, 1.54) is 12.5 Å². The van der Waals surface area contributed by atoms with Crippen molar-refractivity contribution in [3.05, 3.63) is 24.2 Å². The lowest BCUT2D eigenvalue weighted by atomic mass is 9.80. The molecule has 1 aromatic heterocycles. The van der Waals surface area contributed by atoms with Gasteiger partial charge >= 0.3 is 0 Å². The van der Waals surface area contributed by atoms with Gasteiger partial charge in [-0.1, -0.05) is 12.8 Å². The van der Waals surface area contributed by atoms with Crippen molar-refractivity contribution in [2.24, 2.45) is 5.92 Å². The number of hydrogen-bond acceptors (Lipinski definition) is 4. The Labute approximate surface area is 141 Å². The monoisotopic (exact) mass is 332 g/mol. The van der Waals surface area contributed by atoms with Crippen LogP contribution in [0.25, 0.3) is 0 Å². The highest BCUT2D eigenvalue weighted by atomic mass is 16.5. The first-order valence-corrected chi connectivity index (χ1v) is 8.78. The molecule has 3 aliphatic rings. The summed E-state index contributed by atoms with van der Waals surface area (Å²) in [5.74, 6) is 0.195. The first-order valence-electron chi connectivity index (χ1n) is 8.78. The number of nitrogens with one attached hydrogen (secondary N) is 1. The van der Waals surface area contributed by atoms with Crippen LogP contribution in [0.4, 0.5) is 0 Å². The van der Waals surface area contributed by atoms with Crippen LogP contribution < -0.4 is 5.32 Å². The van der Waals surface area contributed by atoms with E-state index in [4.69, 9.17) is 9.15 Å². The second-order valence-corrected chi connectivity index (χ2v) is 7.42. The van der Waals surface area contributed by atoms with Gasteiger partial charge in [0.05, 0.1) is 17.4 Å². The maximum absolute atomic E-state index is 12.7. The number of methoxy groups -OCH3 is 1. The summed E-state index contributed by atoms with van der Waals surface area (Å²) in [6.45, 7) is 1.01. The van der Waals surface area contributed by atoms with Crippen molar-refractivity contribution in [2.75, 3.05) is 20.2 Å². The third kappa shape index (κ3) is 2.35. The number of hydrogen-bond donors (Lipinski definition) is 1. The molecule has 6 heteroatoms.